The lowest BCUT2D eigenvalue weighted by Gasteiger charge is -2.29. The summed E-state index contributed by atoms with van der Waals surface area (Å²) in [6.45, 7) is 2.96. The number of carboxylic acid groups (broad SMARTS) is 1. The van der Waals surface area contributed by atoms with Crippen molar-refractivity contribution >= 4 is 34.5 Å². The minimum absolute atomic E-state index is 0.0335. The van der Waals surface area contributed by atoms with Crippen molar-refractivity contribution in [1.29, 1.82) is 0 Å². The summed E-state index contributed by atoms with van der Waals surface area (Å²) >= 11 is 0. The number of carbonyl (C=O) groups excluding carboxylic acids is 1. The number of nitrogens with zero attached hydrogens (tertiary/aromatic N) is 3. The maximum absolute atomic E-state index is 12.6. The van der Waals surface area contributed by atoms with Gasteiger partial charge in [-0.1, -0.05) is 44.0 Å². The highest BCUT2D eigenvalue weighted by molar-refractivity contribution is 5.94. The Kier molecular flexibility index (Phi) is 11.9. The van der Waals surface area contributed by atoms with Gasteiger partial charge >= 0.3 is 12.1 Å². The van der Waals surface area contributed by atoms with Gasteiger partial charge in [0.2, 0.25) is 5.95 Å². The van der Waals surface area contributed by atoms with E-state index in [-0.39, 0.29) is 5.91 Å². The molecule has 4 rings (SSSR count). The van der Waals surface area contributed by atoms with E-state index in [2.05, 4.69) is 35.8 Å². The van der Waals surface area contributed by atoms with E-state index in [9.17, 15) is 18.0 Å². The number of benzene rings is 2. The molecule has 0 spiro atoms. The molecule has 42 heavy (non-hydrogen) atoms. The number of carboxylic acids is 1. The van der Waals surface area contributed by atoms with E-state index < -0.39 is 12.1 Å². The average Bonchev–Trinajstić information content (AvgIpc) is 2.96. The van der Waals surface area contributed by atoms with E-state index in [1.54, 1.807) is 0 Å². The molecule has 0 unspecified atom stereocenters. The zero-order chi connectivity index (χ0) is 30.7. The zero-order valence-electron chi connectivity index (χ0n) is 24.4. The Balaban J connectivity index is 0.000000616. The number of carbonyl (C=O) groups is 2. The van der Waals surface area contributed by atoms with Gasteiger partial charge in [-0.15, -0.1) is 0 Å². The molecule has 8 nitrogen and oxygen atoms in total. The second-order valence-electron chi connectivity index (χ2n) is 10.8. The normalized spacial score (nSPS) is 16.7. The van der Waals surface area contributed by atoms with Crippen LogP contribution in [0.1, 0.15) is 67.8 Å². The van der Waals surface area contributed by atoms with Crippen molar-refractivity contribution in [3.8, 4) is 0 Å². The van der Waals surface area contributed by atoms with Gasteiger partial charge in [0.1, 0.15) is 5.82 Å². The monoisotopic (exact) mass is 587 g/mol. The Morgan fingerprint density at radius 2 is 1.62 bits per heavy atom. The van der Waals surface area contributed by atoms with Gasteiger partial charge in [0, 0.05) is 37.6 Å². The molecule has 0 radical (unpaired) electrons. The molecule has 1 heterocycles. The van der Waals surface area contributed by atoms with Crippen molar-refractivity contribution in [1.82, 2.24) is 15.3 Å². The Hall–Kier alpha value is -3.89. The van der Waals surface area contributed by atoms with Gasteiger partial charge in [-0.3, -0.25) is 4.79 Å². The Morgan fingerprint density at radius 3 is 2.21 bits per heavy atom. The van der Waals surface area contributed by atoms with E-state index in [0.29, 0.717) is 17.9 Å². The quantitative estimate of drug-likeness (QED) is 0.234. The summed E-state index contributed by atoms with van der Waals surface area (Å²) in [6, 6.07) is 16.6. The number of nitrogens with one attached hydrogen (secondary N) is 2. The molecule has 11 heteroatoms. The van der Waals surface area contributed by atoms with Gasteiger partial charge in [-0.2, -0.15) is 18.2 Å². The summed E-state index contributed by atoms with van der Waals surface area (Å²) in [5.74, 6) is -0.579. The topological polar surface area (TPSA) is 107 Å². The highest BCUT2D eigenvalue weighted by Gasteiger charge is 2.38. The first-order valence-electron chi connectivity index (χ1n) is 14.4. The number of aromatic nitrogens is 2. The first kappa shape index (κ1) is 32.6. The molecule has 0 aliphatic heterocycles. The maximum Gasteiger partial charge on any atom is 0.490 e. The van der Waals surface area contributed by atoms with Crippen LogP contribution in [0.5, 0.6) is 0 Å². The summed E-state index contributed by atoms with van der Waals surface area (Å²) in [6.07, 6.45) is 3.99. The fraction of sp³-hybridized carbons (Fsp3) is 0.484. The molecule has 1 saturated carbocycles. The van der Waals surface area contributed by atoms with Crippen molar-refractivity contribution < 1.29 is 27.9 Å². The molecule has 1 aliphatic rings. The largest absolute Gasteiger partial charge is 0.490 e. The number of aliphatic carboxylic acids is 1. The van der Waals surface area contributed by atoms with Gasteiger partial charge in [-0.25, -0.2) is 9.78 Å². The lowest BCUT2D eigenvalue weighted by molar-refractivity contribution is -0.192. The second-order valence-corrected chi connectivity index (χ2v) is 10.8. The third kappa shape index (κ3) is 9.88. The zero-order valence-corrected chi connectivity index (χ0v) is 24.4. The average molecular weight is 588 g/mol. The Labute approximate surface area is 244 Å². The van der Waals surface area contributed by atoms with Crippen LogP contribution >= 0.6 is 0 Å². The minimum atomic E-state index is -5.08. The standard InChI is InChI=1S/C29H39N5O.C2HF3O2/c1-4-5-6-9-21-12-16-23(17-13-21)28(35)30-20-22-14-18-24(19-15-22)31-29-32-26-11-8-7-10-25(26)27(33-29)34(2)3;3-2(4,5)1(6)7/h7-8,10-13,16-17,22,24H,4-6,9,14-15,18-20H2,1-3H3,(H,30,35)(H,31,32,33);(H,6,7). The number of fused-ring (bicyclic) bond motifs is 1. The van der Waals surface area contributed by atoms with Crippen LogP contribution in [0.25, 0.3) is 10.9 Å². The predicted octanol–water partition coefficient (Wildman–Crippen LogP) is 6.46. The van der Waals surface area contributed by atoms with Gasteiger partial charge in [0.15, 0.2) is 0 Å². The Morgan fingerprint density at radius 1 is 0.976 bits per heavy atom. The number of amides is 1. The predicted molar refractivity (Wildman–Crippen MR) is 159 cm³/mol. The van der Waals surface area contributed by atoms with Crippen LogP contribution in [0, 0.1) is 5.92 Å². The van der Waals surface area contributed by atoms with Gasteiger partial charge in [0.25, 0.3) is 5.91 Å². The van der Waals surface area contributed by atoms with Crippen LogP contribution < -0.4 is 15.5 Å². The third-order valence-corrected chi connectivity index (χ3v) is 7.27. The summed E-state index contributed by atoms with van der Waals surface area (Å²) in [5.41, 5.74) is 3.03. The molecule has 3 N–H and O–H groups in total. The van der Waals surface area contributed by atoms with Crippen LogP contribution in [0.15, 0.2) is 48.5 Å². The van der Waals surface area contributed by atoms with Crippen molar-refractivity contribution in [2.24, 2.45) is 5.92 Å². The van der Waals surface area contributed by atoms with Crippen molar-refractivity contribution in [2.45, 2.75) is 70.5 Å². The first-order valence-corrected chi connectivity index (χ1v) is 14.4. The molecule has 1 fully saturated rings. The van der Waals surface area contributed by atoms with Gasteiger partial charge in [-0.05, 0) is 74.3 Å². The lowest BCUT2D eigenvalue weighted by atomic mass is 9.86. The summed E-state index contributed by atoms with van der Waals surface area (Å²) in [4.78, 5) is 33.1. The molecule has 1 aromatic heterocycles. The van der Waals surface area contributed by atoms with Gasteiger partial charge < -0.3 is 20.6 Å². The highest BCUT2D eigenvalue weighted by atomic mass is 19.4. The number of hydrogen-bond acceptors (Lipinski definition) is 6. The fourth-order valence-corrected chi connectivity index (χ4v) is 4.90. The van der Waals surface area contributed by atoms with Crippen LogP contribution in [0.4, 0.5) is 24.9 Å². The number of unbranched alkanes of at least 4 members (excludes halogenated alkanes) is 2. The Bertz CT molecular complexity index is 1310. The summed E-state index contributed by atoms with van der Waals surface area (Å²) in [5, 5.41) is 14.9. The van der Waals surface area contributed by atoms with Crippen LogP contribution in [-0.2, 0) is 11.2 Å². The van der Waals surface area contributed by atoms with Crippen molar-refractivity contribution in [3.05, 3.63) is 59.7 Å². The highest BCUT2D eigenvalue weighted by Crippen LogP contribution is 2.28. The van der Waals surface area contributed by atoms with Crippen LogP contribution in [0.2, 0.25) is 0 Å². The van der Waals surface area contributed by atoms with Crippen LogP contribution in [-0.4, -0.2) is 59.8 Å². The molecule has 1 amide bonds. The molecule has 0 bridgehead atoms. The first-order chi connectivity index (χ1) is 20.0. The van der Waals surface area contributed by atoms with E-state index in [4.69, 9.17) is 19.9 Å². The van der Waals surface area contributed by atoms with Gasteiger partial charge in [0.05, 0.1) is 5.52 Å². The number of alkyl halides is 3. The number of aryl methyl sites for hydroxylation is 1. The number of anilines is 2. The summed E-state index contributed by atoms with van der Waals surface area (Å²) in [7, 11) is 4.03. The minimum Gasteiger partial charge on any atom is -0.475 e. The number of para-hydroxylation sites is 1. The van der Waals surface area contributed by atoms with E-state index in [1.807, 2.05) is 49.3 Å². The van der Waals surface area contributed by atoms with E-state index in [1.165, 1.54) is 24.8 Å². The van der Waals surface area contributed by atoms with Crippen molar-refractivity contribution in [3.63, 3.8) is 0 Å². The van der Waals surface area contributed by atoms with Crippen molar-refractivity contribution in [2.75, 3.05) is 30.9 Å². The molecular weight excluding hydrogens is 547 g/mol. The third-order valence-electron chi connectivity index (χ3n) is 7.27. The number of rotatable bonds is 10. The molecule has 228 valence electrons. The molecule has 1 aliphatic carbocycles. The van der Waals surface area contributed by atoms with E-state index in [0.717, 1.165) is 60.9 Å². The molecule has 0 atom stereocenters. The SMILES string of the molecule is CCCCCc1ccc(C(=O)NCC2CCC(Nc3nc(N(C)C)c4ccccc4n3)CC2)cc1.O=C(O)C(F)(F)F. The van der Waals surface area contributed by atoms with Crippen LogP contribution in [0.3, 0.4) is 0 Å². The smallest absolute Gasteiger partial charge is 0.475 e. The maximum atomic E-state index is 12.6. The fourth-order valence-electron chi connectivity index (χ4n) is 4.90. The summed E-state index contributed by atoms with van der Waals surface area (Å²) < 4.78 is 31.7. The molecule has 0 saturated heterocycles. The molecular formula is C31H40F3N5O3. The number of hydrogen-bond donors (Lipinski definition) is 3. The second kappa shape index (κ2) is 15.4. The lowest BCUT2D eigenvalue weighted by Crippen LogP contribution is -2.34. The molecule has 3 aromatic rings. The molecule has 2 aromatic carbocycles. The van der Waals surface area contributed by atoms with E-state index >= 15 is 0 Å². The number of halogens is 3.